The summed E-state index contributed by atoms with van der Waals surface area (Å²) in [4.78, 5) is 14.8. The third-order valence-electron chi connectivity index (χ3n) is 5.07. The SMILES string of the molecule is N#Cc1ccc(NC(=O)NCC2(N3CCSCC3)CCCC2)cc1. The molecule has 3 rings (SSSR count). The summed E-state index contributed by atoms with van der Waals surface area (Å²) in [5.41, 5.74) is 1.44. The van der Waals surface area contributed by atoms with Gasteiger partial charge in [0.25, 0.3) is 0 Å². The molecule has 2 N–H and O–H groups in total. The van der Waals surface area contributed by atoms with Crippen LogP contribution < -0.4 is 10.6 Å². The summed E-state index contributed by atoms with van der Waals surface area (Å²) in [5, 5.41) is 14.7. The van der Waals surface area contributed by atoms with Crippen molar-refractivity contribution in [2.45, 2.75) is 31.2 Å². The van der Waals surface area contributed by atoms with Crippen LogP contribution in [0.2, 0.25) is 0 Å². The first-order chi connectivity index (χ1) is 11.7. The van der Waals surface area contributed by atoms with E-state index in [1.54, 1.807) is 24.3 Å². The van der Waals surface area contributed by atoms with Crippen LogP contribution >= 0.6 is 11.8 Å². The van der Waals surface area contributed by atoms with E-state index in [2.05, 4.69) is 21.6 Å². The highest BCUT2D eigenvalue weighted by Crippen LogP contribution is 2.36. The Morgan fingerprint density at radius 1 is 1.21 bits per heavy atom. The van der Waals surface area contributed by atoms with Gasteiger partial charge < -0.3 is 10.6 Å². The number of nitriles is 1. The minimum absolute atomic E-state index is 0.142. The maximum atomic E-state index is 12.2. The van der Waals surface area contributed by atoms with Gasteiger partial charge in [-0.2, -0.15) is 17.0 Å². The van der Waals surface area contributed by atoms with Crippen LogP contribution in [0.25, 0.3) is 0 Å². The molecule has 0 radical (unpaired) electrons. The van der Waals surface area contributed by atoms with Gasteiger partial charge in [-0.15, -0.1) is 0 Å². The van der Waals surface area contributed by atoms with Crippen LogP contribution in [0.3, 0.4) is 0 Å². The Morgan fingerprint density at radius 3 is 2.50 bits per heavy atom. The van der Waals surface area contributed by atoms with Crippen LogP contribution in [0.4, 0.5) is 10.5 Å². The largest absolute Gasteiger partial charge is 0.336 e. The van der Waals surface area contributed by atoms with Crippen molar-refractivity contribution in [1.29, 1.82) is 5.26 Å². The van der Waals surface area contributed by atoms with Gasteiger partial charge in [-0.05, 0) is 37.1 Å². The minimum Gasteiger partial charge on any atom is -0.336 e. The van der Waals surface area contributed by atoms with Crippen molar-refractivity contribution in [1.82, 2.24) is 10.2 Å². The molecule has 2 fully saturated rings. The van der Waals surface area contributed by atoms with Gasteiger partial charge in [-0.3, -0.25) is 4.90 Å². The Kier molecular flexibility index (Phi) is 5.64. The van der Waals surface area contributed by atoms with Crippen LogP contribution in [0.5, 0.6) is 0 Å². The molecule has 5 nitrogen and oxygen atoms in total. The van der Waals surface area contributed by atoms with Gasteiger partial charge in [0.05, 0.1) is 11.6 Å². The van der Waals surface area contributed by atoms with E-state index < -0.39 is 0 Å². The van der Waals surface area contributed by atoms with Crippen molar-refractivity contribution in [3.05, 3.63) is 29.8 Å². The summed E-state index contributed by atoms with van der Waals surface area (Å²) in [6, 6.07) is 8.83. The average molecular weight is 344 g/mol. The van der Waals surface area contributed by atoms with E-state index >= 15 is 0 Å². The van der Waals surface area contributed by atoms with Crippen LogP contribution in [0.15, 0.2) is 24.3 Å². The number of nitrogens with zero attached hydrogens (tertiary/aromatic N) is 2. The fraction of sp³-hybridized carbons (Fsp3) is 0.556. The lowest BCUT2D eigenvalue weighted by molar-refractivity contribution is 0.105. The number of amides is 2. The number of carbonyl (C=O) groups is 1. The first-order valence-corrected chi connectivity index (χ1v) is 9.75. The van der Waals surface area contributed by atoms with Crippen molar-refractivity contribution in [2.24, 2.45) is 0 Å². The number of anilines is 1. The Balaban J connectivity index is 1.56. The lowest BCUT2D eigenvalue weighted by atomic mass is 9.94. The fourth-order valence-electron chi connectivity index (χ4n) is 3.72. The van der Waals surface area contributed by atoms with Gasteiger partial charge in [0.2, 0.25) is 0 Å². The summed E-state index contributed by atoms with van der Waals surface area (Å²) in [6.07, 6.45) is 4.86. The molecule has 1 saturated heterocycles. The molecule has 2 aliphatic rings. The molecule has 0 unspecified atom stereocenters. The number of hydrogen-bond acceptors (Lipinski definition) is 4. The second-order valence-corrected chi connectivity index (χ2v) is 7.75. The lowest BCUT2D eigenvalue weighted by Crippen LogP contribution is -2.56. The molecule has 0 aromatic heterocycles. The van der Waals surface area contributed by atoms with Gasteiger partial charge in [-0.1, -0.05) is 12.8 Å². The maximum absolute atomic E-state index is 12.2. The number of rotatable bonds is 4. The van der Waals surface area contributed by atoms with E-state index in [4.69, 9.17) is 5.26 Å². The normalized spacial score (nSPS) is 20.3. The summed E-state index contributed by atoms with van der Waals surface area (Å²) in [5.74, 6) is 2.39. The molecule has 6 heteroatoms. The number of nitrogens with one attached hydrogen (secondary N) is 2. The molecule has 0 spiro atoms. The van der Waals surface area contributed by atoms with Crippen molar-refractivity contribution in [3.8, 4) is 6.07 Å². The van der Waals surface area contributed by atoms with Crippen molar-refractivity contribution >= 4 is 23.5 Å². The zero-order chi connectivity index (χ0) is 16.8. The highest BCUT2D eigenvalue weighted by molar-refractivity contribution is 7.99. The summed E-state index contributed by atoms with van der Waals surface area (Å²) in [7, 11) is 0. The van der Waals surface area contributed by atoms with Crippen molar-refractivity contribution in [2.75, 3.05) is 36.5 Å². The first kappa shape index (κ1) is 17.1. The van der Waals surface area contributed by atoms with E-state index in [0.717, 1.165) is 13.1 Å². The summed E-state index contributed by atoms with van der Waals surface area (Å²) >= 11 is 2.02. The molecule has 0 atom stereocenters. The molecule has 1 aromatic carbocycles. The van der Waals surface area contributed by atoms with Crippen LogP contribution in [0, 0.1) is 11.3 Å². The molecule has 0 bridgehead atoms. The van der Waals surface area contributed by atoms with Gasteiger partial charge in [0.15, 0.2) is 0 Å². The molecule has 1 saturated carbocycles. The topological polar surface area (TPSA) is 68.2 Å². The molecular formula is C18H24N4OS. The predicted octanol–water partition coefficient (Wildman–Crippen LogP) is 3.04. The molecule has 24 heavy (non-hydrogen) atoms. The molecule has 1 heterocycles. The predicted molar refractivity (Wildman–Crippen MR) is 98.3 cm³/mol. The third kappa shape index (κ3) is 4.03. The molecule has 1 aliphatic carbocycles. The van der Waals surface area contributed by atoms with Gasteiger partial charge >= 0.3 is 6.03 Å². The number of benzene rings is 1. The van der Waals surface area contributed by atoms with Crippen LogP contribution in [-0.2, 0) is 0 Å². The molecule has 2 amide bonds. The fourth-order valence-corrected chi connectivity index (χ4v) is 4.63. The number of hydrogen-bond donors (Lipinski definition) is 2. The van der Waals surface area contributed by atoms with E-state index in [9.17, 15) is 4.79 Å². The Hall–Kier alpha value is -1.71. The van der Waals surface area contributed by atoms with E-state index in [-0.39, 0.29) is 11.6 Å². The smallest absolute Gasteiger partial charge is 0.319 e. The monoisotopic (exact) mass is 344 g/mol. The van der Waals surface area contributed by atoms with Gasteiger partial charge in [-0.25, -0.2) is 4.79 Å². The summed E-state index contributed by atoms with van der Waals surface area (Å²) in [6.45, 7) is 2.97. The zero-order valence-electron chi connectivity index (χ0n) is 13.9. The first-order valence-electron chi connectivity index (χ1n) is 8.60. The van der Waals surface area contributed by atoms with E-state index in [1.807, 2.05) is 11.8 Å². The maximum Gasteiger partial charge on any atom is 0.319 e. The highest BCUT2D eigenvalue weighted by Gasteiger charge is 2.40. The lowest BCUT2D eigenvalue weighted by Gasteiger charge is -2.43. The van der Waals surface area contributed by atoms with E-state index in [0.29, 0.717) is 17.8 Å². The van der Waals surface area contributed by atoms with Crippen molar-refractivity contribution in [3.63, 3.8) is 0 Å². The number of urea groups is 1. The average Bonchev–Trinajstić information content (AvgIpc) is 3.12. The minimum atomic E-state index is -0.169. The molecule has 128 valence electrons. The Morgan fingerprint density at radius 2 is 1.88 bits per heavy atom. The Bertz CT molecular complexity index is 598. The quantitative estimate of drug-likeness (QED) is 0.881. The highest BCUT2D eigenvalue weighted by atomic mass is 32.2. The third-order valence-corrected chi connectivity index (χ3v) is 6.01. The van der Waals surface area contributed by atoms with Gasteiger partial charge in [0.1, 0.15) is 0 Å². The number of carbonyl (C=O) groups excluding carboxylic acids is 1. The van der Waals surface area contributed by atoms with E-state index in [1.165, 1.54) is 37.2 Å². The number of thioether (sulfide) groups is 1. The molecular weight excluding hydrogens is 320 g/mol. The second kappa shape index (κ2) is 7.91. The van der Waals surface area contributed by atoms with Crippen LogP contribution in [0.1, 0.15) is 31.2 Å². The van der Waals surface area contributed by atoms with Crippen LogP contribution in [-0.4, -0.2) is 47.6 Å². The molecule has 1 aromatic rings. The standard InChI is InChI=1S/C18H24N4OS/c19-13-15-3-5-16(6-4-15)21-17(23)20-14-18(7-1-2-8-18)22-9-11-24-12-10-22/h3-6H,1-2,7-12,14H2,(H2,20,21,23). The zero-order valence-corrected chi connectivity index (χ0v) is 14.7. The second-order valence-electron chi connectivity index (χ2n) is 6.53. The summed E-state index contributed by atoms with van der Waals surface area (Å²) < 4.78 is 0. The molecule has 1 aliphatic heterocycles. The van der Waals surface area contributed by atoms with Crippen molar-refractivity contribution < 1.29 is 4.79 Å². The van der Waals surface area contributed by atoms with Gasteiger partial charge in [0, 0.05) is 42.4 Å². The Labute approximate surface area is 147 Å².